The van der Waals surface area contributed by atoms with Gasteiger partial charge in [-0.2, -0.15) is 16.1 Å². The van der Waals surface area contributed by atoms with Crippen molar-refractivity contribution in [2.24, 2.45) is 0 Å². The van der Waals surface area contributed by atoms with Gasteiger partial charge in [-0.3, -0.25) is 0 Å². The molecule has 120 valence electrons. The number of hydrogen-bond donors (Lipinski definition) is 0. The van der Waals surface area contributed by atoms with Crippen molar-refractivity contribution in [1.82, 2.24) is 4.31 Å². The van der Waals surface area contributed by atoms with Crippen LogP contribution in [0.2, 0.25) is 0 Å². The van der Waals surface area contributed by atoms with Crippen molar-refractivity contribution in [3.8, 4) is 5.75 Å². The van der Waals surface area contributed by atoms with Crippen LogP contribution in [0, 0.1) is 0 Å². The Balaban J connectivity index is 2.03. The Labute approximate surface area is 133 Å². The molecule has 1 aromatic carbocycles. The van der Waals surface area contributed by atoms with Crippen LogP contribution in [0.15, 0.2) is 23.1 Å². The van der Waals surface area contributed by atoms with Crippen LogP contribution in [0.5, 0.6) is 5.75 Å². The molecule has 2 atom stereocenters. The average molecular weight is 343 g/mol. The van der Waals surface area contributed by atoms with E-state index in [4.69, 9.17) is 4.74 Å². The number of benzene rings is 1. The third kappa shape index (κ3) is 2.49. The van der Waals surface area contributed by atoms with Crippen LogP contribution in [0.4, 0.5) is 0 Å². The summed E-state index contributed by atoms with van der Waals surface area (Å²) >= 11 is 1.82. The molecule has 0 saturated carbocycles. The van der Waals surface area contributed by atoms with Crippen molar-refractivity contribution in [2.45, 2.75) is 22.6 Å². The molecule has 0 radical (unpaired) electrons. The molecule has 0 aromatic heterocycles. The molecule has 2 aliphatic rings. The molecule has 6 nitrogen and oxygen atoms in total. The summed E-state index contributed by atoms with van der Waals surface area (Å²) < 4.78 is 37.3. The Morgan fingerprint density at radius 1 is 1.36 bits per heavy atom. The Kier molecular flexibility index (Phi) is 4.09. The predicted octanol–water partition coefficient (Wildman–Crippen LogP) is 1.36. The fraction of sp³-hybridized carbons (Fsp3) is 0.500. The maximum absolute atomic E-state index is 13.0. The first-order valence-corrected chi connectivity index (χ1v) is 9.36. The number of carbonyl (C=O) groups is 1. The molecular formula is C14H17NO5S2. The lowest BCUT2D eigenvalue weighted by atomic mass is 10.2. The molecule has 0 aliphatic carbocycles. The lowest BCUT2D eigenvalue weighted by Gasteiger charge is -2.26. The van der Waals surface area contributed by atoms with Gasteiger partial charge in [-0.05, 0) is 24.6 Å². The summed E-state index contributed by atoms with van der Waals surface area (Å²) in [7, 11) is -1.01. The summed E-state index contributed by atoms with van der Waals surface area (Å²) in [4.78, 5) is 11.7. The first kappa shape index (κ1) is 15.6. The number of hydrogen-bond acceptors (Lipinski definition) is 6. The minimum atomic E-state index is -3.69. The summed E-state index contributed by atoms with van der Waals surface area (Å²) in [6, 6.07) is 4.35. The molecule has 2 saturated heterocycles. The van der Waals surface area contributed by atoms with E-state index in [2.05, 4.69) is 4.74 Å². The average Bonchev–Trinajstić information content (AvgIpc) is 3.16. The second-order valence-corrected chi connectivity index (χ2v) is 8.47. The molecule has 0 unspecified atom stereocenters. The zero-order chi connectivity index (χ0) is 15.9. The lowest BCUT2D eigenvalue weighted by Crippen LogP contribution is -2.39. The number of thioether (sulfide) groups is 1. The van der Waals surface area contributed by atoms with Gasteiger partial charge in [-0.1, -0.05) is 0 Å². The first-order chi connectivity index (χ1) is 10.5. The molecule has 3 rings (SSSR count). The Hall–Kier alpha value is -1.25. The van der Waals surface area contributed by atoms with Crippen molar-refractivity contribution < 1.29 is 22.7 Å². The number of rotatable bonds is 4. The smallest absolute Gasteiger partial charge is 0.337 e. The van der Waals surface area contributed by atoms with Gasteiger partial charge in [0.2, 0.25) is 10.0 Å². The molecule has 1 aromatic rings. The molecule has 0 spiro atoms. The fourth-order valence-corrected chi connectivity index (χ4v) is 6.39. The van der Waals surface area contributed by atoms with Crippen molar-refractivity contribution in [3.05, 3.63) is 23.8 Å². The van der Waals surface area contributed by atoms with E-state index in [1.165, 1.54) is 36.7 Å². The zero-order valence-corrected chi connectivity index (χ0v) is 13.9. The zero-order valence-electron chi connectivity index (χ0n) is 12.3. The SMILES string of the molecule is COC(=O)c1ccc(OC)c(S(=O)(=O)N2C[C@H]3C[C@H]2CS3)c1. The normalized spacial score (nSPS) is 24.5. The molecule has 22 heavy (non-hydrogen) atoms. The van der Waals surface area contributed by atoms with Crippen molar-refractivity contribution >= 4 is 27.8 Å². The molecule has 0 amide bonds. The number of esters is 1. The monoisotopic (exact) mass is 343 g/mol. The van der Waals surface area contributed by atoms with Crippen LogP contribution >= 0.6 is 11.8 Å². The van der Waals surface area contributed by atoms with Gasteiger partial charge in [0.1, 0.15) is 10.6 Å². The minimum absolute atomic E-state index is 0.0236. The van der Waals surface area contributed by atoms with E-state index in [1.807, 2.05) is 11.8 Å². The highest BCUT2D eigenvalue weighted by Crippen LogP contribution is 2.41. The Bertz CT molecular complexity index is 703. The summed E-state index contributed by atoms with van der Waals surface area (Å²) in [5, 5.41) is 0.370. The fourth-order valence-electron chi connectivity index (χ4n) is 2.91. The van der Waals surface area contributed by atoms with Gasteiger partial charge in [-0.25, -0.2) is 13.2 Å². The van der Waals surface area contributed by atoms with Crippen LogP contribution in [-0.4, -0.2) is 56.5 Å². The van der Waals surface area contributed by atoms with E-state index in [1.54, 1.807) is 0 Å². The summed E-state index contributed by atoms with van der Waals surface area (Å²) in [5.41, 5.74) is 0.195. The van der Waals surface area contributed by atoms with Gasteiger partial charge in [0, 0.05) is 23.6 Å². The molecular weight excluding hydrogens is 326 g/mol. The van der Waals surface area contributed by atoms with E-state index in [9.17, 15) is 13.2 Å². The molecule has 2 fully saturated rings. The third-order valence-corrected chi connectivity index (χ3v) is 7.35. The summed E-state index contributed by atoms with van der Waals surface area (Å²) in [5.74, 6) is 0.490. The van der Waals surface area contributed by atoms with Crippen molar-refractivity contribution in [1.29, 1.82) is 0 Å². The maximum atomic E-state index is 13.0. The van der Waals surface area contributed by atoms with Crippen LogP contribution < -0.4 is 4.74 Å². The number of methoxy groups -OCH3 is 2. The number of sulfonamides is 1. The summed E-state index contributed by atoms with van der Waals surface area (Å²) in [6.07, 6.45) is 0.892. The van der Waals surface area contributed by atoms with Gasteiger partial charge >= 0.3 is 5.97 Å². The van der Waals surface area contributed by atoms with Gasteiger partial charge in [0.25, 0.3) is 0 Å². The Morgan fingerprint density at radius 3 is 2.68 bits per heavy atom. The standard InChI is InChI=1S/C14H17NO5S2/c1-19-12-4-3-9(14(16)20-2)5-13(12)22(17,18)15-7-11-6-10(15)8-21-11/h3-5,10-11H,6-8H2,1-2H3/t10-,11+/m0/s1. The second-order valence-electron chi connectivity index (χ2n) is 5.28. The highest BCUT2D eigenvalue weighted by molar-refractivity contribution is 8.00. The van der Waals surface area contributed by atoms with Gasteiger partial charge in [0.05, 0.1) is 19.8 Å². The van der Waals surface area contributed by atoms with Gasteiger partial charge in [-0.15, -0.1) is 0 Å². The number of fused-ring (bicyclic) bond motifs is 2. The molecule has 2 aliphatic heterocycles. The Morgan fingerprint density at radius 2 is 2.14 bits per heavy atom. The van der Waals surface area contributed by atoms with Gasteiger partial charge in [0.15, 0.2) is 0 Å². The van der Waals surface area contributed by atoms with E-state index >= 15 is 0 Å². The second kappa shape index (κ2) is 5.75. The maximum Gasteiger partial charge on any atom is 0.337 e. The van der Waals surface area contributed by atoms with Gasteiger partial charge < -0.3 is 9.47 Å². The quantitative estimate of drug-likeness (QED) is 0.769. The molecule has 2 bridgehead atoms. The number of ether oxygens (including phenoxy) is 2. The highest BCUT2D eigenvalue weighted by atomic mass is 32.2. The third-order valence-electron chi connectivity index (χ3n) is 4.02. The van der Waals surface area contributed by atoms with E-state index < -0.39 is 16.0 Å². The van der Waals surface area contributed by atoms with Crippen molar-refractivity contribution in [2.75, 3.05) is 26.5 Å². The first-order valence-electron chi connectivity index (χ1n) is 6.87. The predicted molar refractivity (Wildman–Crippen MR) is 82.9 cm³/mol. The van der Waals surface area contributed by atoms with E-state index in [0.717, 1.165) is 12.2 Å². The molecule has 8 heteroatoms. The molecule has 2 heterocycles. The lowest BCUT2D eigenvalue weighted by molar-refractivity contribution is 0.0600. The van der Waals surface area contributed by atoms with Crippen LogP contribution in [-0.2, 0) is 14.8 Å². The summed E-state index contributed by atoms with van der Waals surface area (Å²) in [6.45, 7) is 0.517. The number of nitrogens with zero attached hydrogens (tertiary/aromatic N) is 1. The molecule has 0 N–H and O–H groups in total. The topological polar surface area (TPSA) is 72.9 Å². The van der Waals surface area contributed by atoms with E-state index in [-0.39, 0.29) is 22.3 Å². The number of carbonyl (C=O) groups excluding carboxylic acids is 1. The van der Waals surface area contributed by atoms with Crippen LogP contribution in [0.25, 0.3) is 0 Å². The van der Waals surface area contributed by atoms with E-state index in [0.29, 0.717) is 11.8 Å². The van der Waals surface area contributed by atoms with Crippen molar-refractivity contribution in [3.63, 3.8) is 0 Å². The van der Waals surface area contributed by atoms with Crippen LogP contribution in [0.1, 0.15) is 16.8 Å². The largest absolute Gasteiger partial charge is 0.495 e. The van der Waals surface area contributed by atoms with Crippen LogP contribution in [0.3, 0.4) is 0 Å². The highest BCUT2D eigenvalue weighted by Gasteiger charge is 2.45. The minimum Gasteiger partial charge on any atom is -0.495 e.